The quantitative estimate of drug-likeness (QED) is 0.615. The van der Waals surface area contributed by atoms with E-state index in [9.17, 15) is 13.2 Å². The van der Waals surface area contributed by atoms with Crippen LogP contribution in [0.2, 0.25) is 0 Å². The van der Waals surface area contributed by atoms with Gasteiger partial charge >= 0.3 is 0 Å². The second-order valence-electron chi connectivity index (χ2n) is 6.62. The van der Waals surface area contributed by atoms with E-state index in [0.717, 1.165) is 16.1 Å². The van der Waals surface area contributed by atoms with Gasteiger partial charge in [0.2, 0.25) is 10.0 Å². The number of amides is 1. The van der Waals surface area contributed by atoms with Crippen LogP contribution in [0.4, 0.5) is 5.69 Å². The lowest BCUT2D eigenvalue weighted by Crippen LogP contribution is -2.35. The molecule has 0 aliphatic carbocycles. The number of nitrogens with one attached hydrogen (secondary N) is 1. The molecular formula is C21H28N2O6S. The molecule has 0 heterocycles. The maximum absolute atomic E-state index is 12.4. The third-order valence-electron chi connectivity index (χ3n) is 4.37. The van der Waals surface area contributed by atoms with E-state index in [-0.39, 0.29) is 5.91 Å². The van der Waals surface area contributed by atoms with Crippen molar-refractivity contribution >= 4 is 21.6 Å². The molecule has 0 spiro atoms. The van der Waals surface area contributed by atoms with Crippen molar-refractivity contribution in [1.82, 2.24) is 5.32 Å². The Kier molecular flexibility index (Phi) is 7.93. The highest BCUT2D eigenvalue weighted by molar-refractivity contribution is 7.92. The molecule has 2 aromatic rings. The van der Waals surface area contributed by atoms with E-state index in [4.69, 9.17) is 14.2 Å². The number of carbonyl (C=O) groups is 1. The van der Waals surface area contributed by atoms with Crippen LogP contribution < -0.4 is 23.8 Å². The largest absolute Gasteiger partial charge is 0.493 e. The summed E-state index contributed by atoms with van der Waals surface area (Å²) in [6.07, 6.45) is 0.400. The fourth-order valence-electron chi connectivity index (χ4n) is 2.62. The lowest BCUT2D eigenvalue weighted by Gasteiger charge is -2.18. The zero-order valence-corrected chi connectivity index (χ0v) is 18.7. The predicted octanol–water partition coefficient (Wildman–Crippen LogP) is 2.57. The molecule has 1 amide bonds. The van der Waals surface area contributed by atoms with E-state index >= 15 is 0 Å². The van der Waals surface area contributed by atoms with Gasteiger partial charge in [-0.25, -0.2) is 8.42 Å². The first kappa shape index (κ1) is 23.3. The zero-order valence-electron chi connectivity index (χ0n) is 17.8. The average molecular weight is 437 g/mol. The van der Waals surface area contributed by atoms with Crippen molar-refractivity contribution in [2.45, 2.75) is 26.5 Å². The first-order chi connectivity index (χ1) is 14.2. The fourth-order valence-corrected chi connectivity index (χ4v) is 3.12. The summed E-state index contributed by atoms with van der Waals surface area (Å²) in [5, 5.41) is 2.83. The summed E-state index contributed by atoms with van der Waals surface area (Å²) < 4.78 is 40.8. The highest BCUT2D eigenvalue weighted by Gasteiger charge is 2.16. The van der Waals surface area contributed by atoms with Crippen molar-refractivity contribution in [3.05, 3.63) is 48.0 Å². The number of hydrogen-bond donors (Lipinski definition) is 1. The molecule has 0 fully saturated rings. The number of anilines is 1. The maximum atomic E-state index is 12.4. The van der Waals surface area contributed by atoms with Crippen LogP contribution in [0.15, 0.2) is 42.5 Å². The van der Waals surface area contributed by atoms with E-state index < -0.39 is 16.1 Å². The van der Waals surface area contributed by atoms with Gasteiger partial charge in [0.05, 0.1) is 25.7 Å². The van der Waals surface area contributed by atoms with Gasteiger partial charge in [0.15, 0.2) is 17.6 Å². The minimum absolute atomic E-state index is 0.277. The Labute approximate surface area is 177 Å². The normalized spacial score (nSPS) is 12.0. The summed E-state index contributed by atoms with van der Waals surface area (Å²) in [5.41, 5.74) is 1.37. The van der Waals surface area contributed by atoms with Gasteiger partial charge in [-0.3, -0.25) is 9.10 Å². The molecule has 8 nitrogen and oxygen atoms in total. The summed E-state index contributed by atoms with van der Waals surface area (Å²) in [5.74, 6) is 1.44. The fraction of sp³-hybridized carbons (Fsp3) is 0.381. The Morgan fingerprint density at radius 1 is 1.13 bits per heavy atom. The minimum atomic E-state index is -3.34. The summed E-state index contributed by atoms with van der Waals surface area (Å²) in [4.78, 5) is 12.4. The number of hydrogen-bond acceptors (Lipinski definition) is 6. The lowest BCUT2D eigenvalue weighted by molar-refractivity contribution is -0.127. The summed E-state index contributed by atoms with van der Waals surface area (Å²) in [6.45, 7) is 4.36. The van der Waals surface area contributed by atoms with Gasteiger partial charge in [-0.2, -0.15) is 0 Å². The first-order valence-electron chi connectivity index (χ1n) is 9.43. The first-order valence-corrected chi connectivity index (χ1v) is 11.3. The van der Waals surface area contributed by atoms with Gasteiger partial charge in [-0.1, -0.05) is 6.07 Å². The Balaban J connectivity index is 1.94. The molecule has 0 aliphatic rings. The van der Waals surface area contributed by atoms with Crippen molar-refractivity contribution < 1.29 is 27.4 Å². The van der Waals surface area contributed by atoms with Crippen LogP contribution in [0.3, 0.4) is 0 Å². The topological polar surface area (TPSA) is 94.2 Å². The van der Waals surface area contributed by atoms with E-state index in [1.807, 2.05) is 19.1 Å². The van der Waals surface area contributed by atoms with E-state index in [2.05, 4.69) is 5.32 Å². The maximum Gasteiger partial charge on any atom is 0.261 e. The molecule has 9 heteroatoms. The van der Waals surface area contributed by atoms with Gasteiger partial charge in [-0.05, 0) is 55.8 Å². The van der Waals surface area contributed by atoms with Crippen LogP contribution in [0.25, 0.3) is 0 Å². The second-order valence-corrected chi connectivity index (χ2v) is 8.63. The van der Waals surface area contributed by atoms with E-state index in [0.29, 0.717) is 36.1 Å². The number of methoxy groups -OCH3 is 1. The van der Waals surface area contributed by atoms with Gasteiger partial charge in [0.25, 0.3) is 5.91 Å². The standard InChI is InChI=1S/C21H28N2O6S/c1-6-28-20-13-16(7-12-19(20)27-4)14-22-21(24)15(2)29-18-10-8-17(9-11-18)23(3)30(5,25)26/h7-13,15H,6,14H2,1-5H3,(H,22,24)/t15-/m0/s1. The number of benzene rings is 2. The molecule has 0 radical (unpaired) electrons. The van der Waals surface area contributed by atoms with Crippen molar-refractivity contribution in [2.24, 2.45) is 0 Å². The molecule has 0 saturated carbocycles. The predicted molar refractivity (Wildman–Crippen MR) is 116 cm³/mol. The monoisotopic (exact) mass is 436 g/mol. The molecule has 0 aliphatic heterocycles. The smallest absolute Gasteiger partial charge is 0.261 e. The number of ether oxygens (including phenoxy) is 3. The Bertz CT molecular complexity index is 960. The third-order valence-corrected chi connectivity index (χ3v) is 5.58. The van der Waals surface area contributed by atoms with Crippen molar-refractivity contribution in [3.63, 3.8) is 0 Å². The van der Waals surface area contributed by atoms with Crippen LogP contribution in [0.5, 0.6) is 17.2 Å². The molecule has 1 N–H and O–H groups in total. The van der Waals surface area contributed by atoms with Gasteiger partial charge in [0.1, 0.15) is 5.75 Å². The lowest BCUT2D eigenvalue weighted by atomic mass is 10.2. The highest BCUT2D eigenvalue weighted by Crippen LogP contribution is 2.28. The number of carbonyl (C=O) groups excluding carboxylic acids is 1. The average Bonchev–Trinajstić information content (AvgIpc) is 2.71. The molecule has 164 valence electrons. The minimum Gasteiger partial charge on any atom is -0.493 e. The molecule has 30 heavy (non-hydrogen) atoms. The van der Waals surface area contributed by atoms with Crippen molar-refractivity contribution in [1.29, 1.82) is 0 Å². The molecule has 2 aromatic carbocycles. The van der Waals surface area contributed by atoms with Crippen LogP contribution in [-0.4, -0.2) is 47.4 Å². The highest BCUT2D eigenvalue weighted by atomic mass is 32.2. The molecule has 1 atom stereocenters. The Morgan fingerprint density at radius 3 is 2.37 bits per heavy atom. The molecule has 2 rings (SSSR count). The third kappa shape index (κ3) is 6.28. The molecule has 0 unspecified atom stereocenters. The zero-order chi connectivity index (χ0) is 22.3. The summed E-state index contributed by atoms with van der Waals surface area (Å²) in [6, 6.07) is 12.0. The molecular weight excluding hydrogens is 408 g/mol. The van der Waals surface area contributed by atoms with Gasteiger partial charge < -0.3 is 19.5 Å². The van der Waals surface area contributed by atoms with Gasteiger partial charge in [-0.15, -0.1) is 0 Å². The van der Waals surface area contributed by atoms with Crippen LogP contribution in [0.1, 0.15) is 19.4 Å². The van der Waals surface area contributed by atoms with Crippen LogP contribution in [-0.2, 0) is 21.4 Å². The Hall–Kier alpha value is -2.94. The SMILES string of the molecule is CCOc1cc(CNC(=O)[C@H](C)Oc2ccc(N(C)S(C)(=O)=O)cc2)ccc1OC. The summed E-state index contributed by atoms with van der Waals surface area (Å²) >= 11 is 0. The molecule has 0 saturated heterocycles. The van der Waals surface area contributed by atoms with Gasteiger partial charge in [0, 0.05) is 13.6 Å². The number of rotatable bonds is 10. The van der Waals surface area contributed by atoms with E-state index in [1.54, 1.807) is 44.4 Å². The Morgan fingerprint density at radius 2 is 1.80 bits per heavy atom. The van der Waals surface area contributed by atoms with Crippen molar-refractivity contribution in [3.8, 4) is 17.2 Å². The second kappa shape index (κ2) is 10.2. The van der Waals surface area contributed by atoms with Crippen molar-refractivity contribution in [2.75, 3.05) is 31.3 Å². The van der Waals surface area contributed by atoms with Crippen LogP contribution in [0, 0.1) is 0 Å². The number of nitrogens with zero attached hydrogens (tertiary/aromatic N) is 1. The molecule has 0 aromatic heterocycles. The number of sulfonamides is 1. The molecule has 0 bridgehead atoms. The van der Waals surface area contributed by atoms with Crippen LogP contribution >= 0.6 is 0 Å². The summed E-state index contributed by atoms with van der Waals surface area (Å²) in [7, 11) is -0.296. The van der Waals surface area contributed by atoms with E-state index in [1.165, 1.54) is 7.05 Å².